The van der Waals surface area contributed by atoms with Gasteiger partial charge in [-0.3, -0.25) is 0 Å². The van der Waals surface area contributed by atoms with Crippen LogP contribution in [0.5, 0.6) is 0 Å². The Kier molecular flexibility index (Phi) is 5.63. The number of benzene rings is 1. The first kappa shape index (κ1) is 15.8. The molecule has 114 valence electrons. The molecule has 0 saturated heterocycles. The largest absolute Gasteiger partial charge is 0.467 e. The first-order valence-electron chi connectivity index (χ1n) is 7.98. The summed E-state index contributed by atoms with van der Waals surface area (Å²) in [5.41, 5.74) is 3.90. The maximum atomic E-state index is 5.74. The zero-order chi connectivity index (χ0) is 15.2. The van der Waals surface area contributed by atoms with E-state index in [-0.39, 0.29) is 6.04 Å². The molecule has 0 aliphatic heterocycles. The molecular weight excluding hydrogens is 258 g/mol. The van der Waals surface area contributed by atoms with Crippen molar-refractivity contribution in [3.05, 3.63) is 59.0 Å². The smallest absolute Gasteiger partial charge is 0.128 e. The summed E-state index contributed by atoms with van der Waals surface area (Å²) in [6.07, 6.45) is 4.01. The molecule has 0 radical (unpaired) electrons. The number of aryl methyl sites for hydroxylation is 1. The lowest BCUT2D eigenvalue weighted by atomic mass is 9.96. The van der Waals surface area contributed by atoms with E-state index in [1.165, 1.54) is 16.7 Å². The second-order valence-electron chi connectivity index (χ2n) is 6.20. The van der Waals surface area contributed by atoms with Crippen LogP contribution < -0.4 is 5.32 Å². The van der Waals surface area contributed by atoms with E-state index in [0.29, 0.717) is 5.92 Å². The Hall–Kier alpha value is -1.54. The third-order valence-corrected chi connectivity index (χ3v) is 3.69. The van der Waals surface area contributed by atoms with Crippen LogP contribution in [0.1, 0.15) is 55.7 Å². The average Bonchev–Trinajstić information content (AvgIpc) is 2.85. The fraction of sp³-hybridized carbons (Fsp3) is 0.474. The van der Waals surface area contributed by atoms with Gasteiger partial charge in [-0.2, -0.15) is 0 Å². The second kappa shape index (κ2) is 7.46. The number of hydrogen-bond acceptors (Lipinski definition) is 2. The van der Waals surface area contributed by atoms with Crippen LogP contribution >= 0.6 is 0 Å². The van der Waals surface area contributed by atoms with Crippen LogP contribution in [-0.4, -0.2) is 6.54 Å². The molecule has 0 saturated carbocycles. The maximum absolute atomic E-state index is 5.74. The predicted octanol–water partition coefficient (Wildman–Crippen LogP) is 4.88. The summed E-state index contributed by atoms with van der Waals surface area (Å²) in [5, 5.41) is 3.62. The Balaban J connectivity index is 2.30. The molecule has 2 nitrogen and oxygen atoms in total. The average molecular weight is 285 g/mol. The number of furan rings is 1. The molecule has 1 aromatic carbocycles. The molecule has 0 spiro atoms. The van der Waals surface area contributed by atoms with Gasteiger partial charge in [-0.05, 0) is 55.0 Å². The summed E-state index contributed by atoms with van der Waals surface area (Å²) in [6, 6.07) is 11.1. The molecule has 2 aromatic rings. The molecule has 2 heteroatoms. The summed E-state index contributed by atoms with van der Waals surface area (Å²) >= 11 is 0. The summed E-state index contributed by atoms with van der Waals surface area (Å²) in [4.78, 5) is 0. The molecule has 0 fully saturated rings. The van der Waals surface area contributed by atoms with Crippen LogP contribution in [0.2, 0.25) is 0 Å². The molecule has 1 unspecified atom stereocenters. The standard InChI is InChI=1S/C19H27NO/c1-5-10-20-18(19-15(4)9-11-21-19)17-8-6-7-16(13-17)12-14(2)3/h6-9,11,13-14,18,20H,5,10,12H2,1-4H3. The molecule has 0 bridgehead atoms. The van der Waals surface area contributed by atoms with Gasteiger partial charge in [0.2, 0.25) is 0 Å². The van der Waals surface area contributed by atoms with E-state index in [0.717, 1.165) is 25.1 Å². The molecule has 0 amide bonds. The van der Waals surface area contributed by atoms with E-state index in [9.17, 15) is 0 Å². The minimum Gasteiger partial charge on any atom is -0.467 e. The molecule has 0 aliphatic carbocycles. The van der Waals surface area contributed by atoms with Crippen LogP contribution in [0.25, 0.3) is 0 Å². The Morgan fingerprint density at radius 2 is 2.00 bits per heavy atom. The zero-order valence-corrected chi connectivity index (χ0v) is 13.6. The van der Waals surface area contributed by atoms with Gasteiger partial charge < -0.3 is 9.73 Å². The van der Waals surface area contributed by atoms with Crippen molar-refractivity contribution >= 4 is 0 Å². The molecule has 1 heterocycles. The van der Waals surface area contributed by atoms with Gasteiger partial charge in [-0.25, -0.2) is 0 Å². The van der Waals surface area contributed by atoms with Crippen LogP contribution in [-0.2, 0) is 6.42 Å². The van der Waals surface area contributed by atoms with Gasteiger partial charge in [0.15, 0.2) is 0 Å². The zero-order valence-electron chi connectivity index (χ0n) is 13.6. The molecule has 21 heavy (non-hydrogen) atoms. The Morgan fingerprint density at radius 3 is 2.62 bits per heavy atom. The molecular formula is C19H27NO. The fourth-order valence-corrected chi connectivity index (χ4v) is 2.70. The number of rotatable bonds is 7. The first-order valence-corrected chi connectivity index (χ1v) is 7.98. The van der Waals surface area contributed by atoms with Gasteiger partial charge in [0.05, 0.1) is 12.3 Å². The quantitative estimate of drug-likeness (QED) is 0.784. The first-order chi connectivity index (χ1) is 10.1. The van der Waals surface area contributed by atoms with Crippen molar-refractivity contribution in [1.82, 2.24) is 5.32 Å². The number of nitrogens with one attached hydrogen (secondary N) is 1. The molecule has 1 aromatic heterocycles. The minimum absolute atomic E-state index is 0.145. The highest BCUT2D eigenvalue weighted by atomic mass is 16.3. The van der Waals surface area contributed by atoms with Gasteiger partial charge in [0.1, 0.15) is 5.76 Å². The van der Waals surface area contributed by atoms with Crippen molar-refractivity contribution in [3.63, 3.8) is 0 Å². The lowest BCUT2D eigenvalue weighted by Gasteiger charge is -2.19. The van der Waals surface area contributed by atoms with E-state index in [1.807, 2.05) is 6.07 Å². The van der Waals surface area contributed by atoms with Crippen LogP contribution in [0.3, 0.4) is 0 Å². The van der Waals surface area contributed by atoms with E-state index in [2.05, 4.69) is 57.3 Å². The Labute approximate surface area is 128 Å². The van der Waals surface area contributed by atoms with Crippen LogP contribution in [0, 0.1) is 12.8 Å². The van der Waals surface area contributed by atoms with Crippen molar-refractivity contribution in [2.24, 2.45) is 5.92 Å². The number of hydrogen-bond donors (Lipinski definition) is 1. The highest BCUT2D eigenvalue weighted by Crippen LogP contribution is 2.27. The highest BCUT2D eigenvalue weighted by molar-refractivity contribution is 5.33. The molecule has 1 atom stereocenters. The third-order valence-electron chi connectivity index (χ3n) is 3.69. The van der Waals surface area contributed by atoms with Crippen LogP contribution in [0.15, 0.2) is 41.0 Å². The maximum Gasteiger partial charge on any atom is 0.128 e. The molecule has 2 rings (SSSR count). The normalized spacial score (nSPS) is 12.8. The monoisotopic (exact) mass is 285 g/mol. The van der Waals surface area contributed by atoms with Gasteiger partial charge in [0, 0.05) is 0 Å². The Morgan fingerprint density at radius 1 is 1.19 bits per heavy atom. The third kappa shape index (κ3) is 4.21. The van der Waals surface area contributed by atoms with E-state index in [1.54, 1.807) is 6.26 Å². The van der Waals surface area contributed by atoms with Crippen molar-refractivity contribution in [2.45, 2.75) is 46.6 Å². The lowest BCUT2D eigenvalue weighted by Crippen LogP contribution is -2.23. The fourth-order valence-electron chi connectivity index (χ4n) is 2.70. The van der Waals surface area contributed by atoms with Crippen molar-refractivity contribution in [1.29, 1.82) is 0 Å². The van der Waals surface area contributed by atoms with Crippen molar-refractivity contribution < 1.29 is 4.42 Å². The SMILES string of the molecule is CCCNC(c1cccc(CC(C)C)c1)c1occc1C. The van der Waals surface area contributed by atoms with Gasteiger partial charge in [-0.1, -0.05) is 45.0 Å². The topological polar surface area (TPSA) is 25.2 Å². The van der Waals surface area contributed by atoms with Crippen molar-refractivity contribution in [2.75, 3.05) is 6.54 Å². The van der Waals surface area contributed by atoms with E-state index in [4.69, 9.17) is 4.42 Å². The molecule has 1 N–H and O–H groups in total. The minimum atomic E-state index is 0.145. The summed E-state index contributed by atoms with van der Waals surface area (Å²) in [6.45, 7) is 9.80. The Bertz CT molecular complexity index is 556. The van der Waals surface area contributed by atoms with Gasteiger partial charge in [0.25, 0.3) is 0 Å². The van der Waals surface area contributed by atoms with E-state index < -0.39 is 0 Å². The molecule has 0 aliphatic rings. The van der Waals surface area contributed by atoms with Gasteiger partial charge in [-0.15, -0.1) is 0 Å². The van der Waals surface area contributed by atoms with Gasteiger partial charge >= 0.3 is 0 Å². The summed E-state index contributed by atoms with van der Waals surface area (Å²) < 4.78 is 5.74. The summed E-state index contributed by atoms with van der Waals surface area (Å²) in [5.74, 6) is 1.71. The highest BCUT2D eigenvalue weighted by Gasteiger charge is 2.18. The summed E-state index contributed by atoms with van der Waals surface area (Å²) in [7, 11) is 0. The lowest BCUT2D eigenvalue weighted by molar-refractivity contribution is 0.443. The second-order valence-corrected chi connectivity index (χ2v) is 6.20. The van der Waals surface area contributed by atoms with Crippen molar-refractivity contribution in [3.8, 4) is 0 Å². The van der Waals surface area contributed by atoms with Crippen LogP contribution in [0.4, 0.5) is 0 Å². The predicted molar refractivity (Wildman–Crippen MR) is 88.6 cm³/mol. The van der Waals surface area contributed by atoms with E-state index >= 15 is 0 Å².